The van der Waals surface area contributed by atoms with Crippen molar-refractivity contribution in [3.05, 3.63) is 35.9 Å². The number of benzene rings is 1. The Kier molecular flexibility index (Phi) is 5.27. The Morgan fingerprint density at radius 2 is 1.81 bits per heavy atom. The average molecular weight is 298 g/mol. The number of carbonyl (C=O) groups is 1. The number of methoxy groups -OCH3 is 1. The Labute approximate surface area is 121 Å². The maximum Gasteiger partial charge on any atom is 0.338 e. The van der Waals surface area contributed by atoms with Gasteiger partial charge in [0.15, 0.2) is 6.29 Å². The minimum absolute atomic E-state index is 0.265. The zero-order valence-corrected chi connectivity index (χ0v) is 11.5. The molecule has 0 spiro atoms. The van der Waals surface area contributed by atoms with Gasteiger partial charge >= 0.3 is 5.97 Å². The molecule has 0 amide bonds. The van der Waals surface area contributed by atoms with Gasteiger partial charge in [-0.2, -0.15) is 0 Å². The molecule has 7 heteroatoms. The van der Waals surface area contributed by atoms with E-state index in [1.54, 1.807) is 30.3 Å². The van der Waals surface area contributed by atoms with Crippen molar-refractivity contribution in [1.29, 1.82) is 0 Å². The van der Waals surface area contributed by atoms with Gasteiger partial charge in [-0.3, -0.25) is 0 Å². The van der Waals surface area contributed by atoms with E-state index in [0.717, 1.165) is 0 Å². The summed E-state index contributed by atoms with van der Waals surface area (Å²) in [7, 11) is 1.30. The van der Waals surface area contributed by atoms with Crippen LogP contribution in [0, 0.1) is 0 Å². The van der Waals surface area contributed by atoms with Crippen LogP contribution in [0.3, 0.4) is 0 Å². The van der Waals surface area contributed by atoms with Crippen LogP contribution in [0.25, 0.3) is 0 Å². The van der Waals surface area contributed by atoms with E-state index in [1.807, 2.05) is 0 Å². The fraction of sp³-hybridized carbons (Fsp3) is 0.500. The Balaban J connectivity index is 1.94. The van der Waals surface area contributed by atoms with E-state index in [9.17, 15) is 20.1 Å². The molecule has 1 aliphatic heterocycles. The van der Waals surface area contributed by atoms with Gasteiger partial charge in [0.2, 0.25) is 0 Å². The minimum atomic E-state index is -1.44. The van der Waals surface area contributed by atoms with E-state index in [2.05, 4.69) is 0 Å². The summed E-state index contributed by atoms with van der Waals surface area (Å²) in [5, 5.41) is 29.1. The first kappa shape index (κ1) is 15.9. The van der Waals surface area contributed by atoms with Crippen LogP contribution in [0.15, 0.2) is 30.3 Å². The molecule has 116 valence electrons. The van der Waals surface area contributed by atoms with E-state index in [4.69, 9.17) is 14.2 Å². The van der Waals surface area contributed by atoms with Crippen LogP contribution in [0.1, 0.15) is 10.4 Å². The fourth-order valence-electron chi connectivity index (χ4n) is 2.06. The number of hydrogen-bond donors (Lipinski definition) is 3. The molecule has 1 aromatic rings. The molecule has 0 aliphatic carbocycles. The van der Waals surface area contributed by atoms with Gasteiger partial charge in [-0.05, 0) is 12.1 Å². The van der Waals surface area contributed by atoms with Gasteiger partial charge in [-0.1, -0.05) is 18.2 Å². The minimum Gasteiger partial charge on any atom is -0.459 e. The standard InChI is InChI=1S/C14H18O7/c1-19-14-12(17)11(16)10(15)9(21-14)7-20-13(18)8-5-3-2-4-6-8/h2-6,9-12,14-17H,7H2,1H3/t9-,10+,11+,12-,14+/m1/s1. The molecule has 0 unspecified atom stereocenters. The first-order chi connectivity index (χ1) is 10.0. The molecule has 3 N–H and O–H groups in total. The number of ether oxygens (including phenoxy) is 3. The zero-order valence-electron chi connectivity index (χ0n) is 11.5. The second-order valence-corrected chi connectivity index (χ2v) is 4.71. The highest BCUT2D eigenvalue weighted by molar-refractivity contribution is 5.89. The van der Waals surface area contributed by atoms with Crippen molar-refractivity contribution in [3.8, 4) is 0 Å². The van der Waals surface area contributed by atoms with Gasteiger partial charge in [-0.15, -0.1) is 0 Å². The van der Waals surface area contributed by atoms with Gasteiger partial charge < -0.3 is 29.5 Å². The molecule has 0 radical (unpaired) electrons. The van der Waals surface area contributed by atoms with Crippen LogP contribution >= 0.6 is 0 Å². The third-order valence-electron chi connectivity index (χ3n) is 3.29. The fourth-order valence-corrected chi connectivity index (χ4v) is 2.06. The Hall–Kier alpha value is -1.51. The lowest BCUT2D eigenvalue weighted by atomic mass is 9.99. The molecule has 21 heavy (non-hydrogen) atoms. The second kappa shape index (κ2) is 6.97. The number of aliphatic hydroxyl groups excluding tert-OH is 3. The Bertz CT molecular complexity index is 462. The number of esters is 1. The van der Waals surface area contributed by atoms with Crippen molar-refractivity contribution in [2.24, 2.45) is 0 Å². The third kappa shape index (κ3) is 3.58. The molecule has 1 fully saturated rings. The second-order valence-electron chi connectivity index (χ2n) is 4.71. The SMILES string of the molecule is CO[C@H]1O[C@H](COC(=O)c2ccccc2)[C@H](O)[C@H](O)[C@H]1O. The lowest BCUT2D eigenvalue weighted by Crippen LogP contribution is -2.59. The molecule has 0 aromatic heterocycles. The highest BCUT2D eigenvalue weighted by Gasteiger charge is 2.44. The van der Waals surface area contributed by atoms with Crippen LogP contribution in [-0.4, -0.2) is 65.7 Å². The number of hydrogen-bond acceptors (Lipinski definition) is 7. The highest BCUT2D eigenvalue weighted by Crippen LogP contribution is 2.22. The highest BCUT2D eigenvalue weighted by atomic mass is 16.7. The van der Waals surface area contributed by atoms with Gasteiger partial charge in [0.05, 0.1) is 5.56 Å². The van der Waals surface area contributed by atoms with Crippen LogP contribution in [-0.2, 0) is 14.2 Å². The van der Waals surface area contributed by atoms with Crippen LogP contribution in [0.5, 0.6) is 0 Å². The summed E-state index contributed by atoms with van der Waals surface area (Å²) in [6.07, 6.45) is -6.27. The molecular formula is C14H18O7. The van der Waals surface area contributed by atoms with E-state index in [1.165, 1.54) is 7.11 Å². The largest absolute Gasteiger partial charge is 0.459 e. The molecular weight excluding hydrogens is 280 g/mol. The lowest BCUT2D eigenvalue weighted by Gasteiger charge is -2.39. The predicted molar refractivity (Wildman–Crippen MR) is 70.4 cm³/mol. The predicted octanol–water partition coefficient (Wildman–Crippen LogP) is -0.703. The smallest absolute Gasteiger partial charge is 0.338 e. The summed E-state index contributed by atoms with van der Waals surface area (Å²) in [5.74, 6) is -0.569. The first-order valence-electron chi connectivity index (χ1n) is 6.49. The van der Waals surface area contributed by atoms with Gasteiger partial charge in [0.1, 0.15) is 31.0 Å². The van der Waals surface area contributed by atoms with Crippen molar-refractivity contribution in [1.82, 2.24) is 0 Å². The summed E-state index contributed by atoms with van der Waals surface area (Å²) in [5.41, 5.74) is 0.367. The summed E-state index contributed by atoms with van der Waals surface area (Å²) >= 11 is 0. The lowest BCUT2D eigenvalue weighted by molar-refractivity contribution is -0.294. The number of aliphatic hydroxyl groups is 3. The Morgan fingerprint density at radius 3 is 2.43 bits per heavy atom. The van der Waals surface area contributed by atoms with Crippen molar-refractivity contribution in [3.63, 3.8) is 0 Å². The maximum atomic E-state index is 11.8. The third-order valence-corrected chi connectivity index (χ3v) is 3.29. The van der Waals surface area contributed by atoms with Crippen LogP contribution in [0.2, 0.25) is 0 Å². The molecule has 0 saturated carbocycles. The monoisotopic (exact) mass is 298 g/mol. The average Bonchev–Trinajstić information content (AvgIpc) is 2.52. The molecule has 5 atom stereocenters. The van der Waals surface area contributed by atoms with E-state index >= 15 is 0 Å². The Morgan fingerprint density at radius 1 is 1.14 bits per heavy atom. The molecule has 0 bridgehead atoms. The van der Waals surface area contributed by atoms with Crippen molar-refractivity contribution < 1.29 is 34.3 Å². The van der Waals surface area contributed by atoms with Crippen LogP contribution in [0.4, 0.5) is 0 Å². The van der Waals surface area contributed by atoms with E-state index in [0.29, 0.717) is 5.56 Å². The van der Waals surface area contributed by atoms with Crippen LogP contribution < -0.4 is 0 Å². The molecule has 1 saturated heterocycles. The topological polar surface area (TPSA) is 105 Å². The summed E-state index contributed by atoms with van der Waals surface area (Å²) in [6, 6.07) is 8.35. The van der Waals surface area contributed by atoms with Gasteiger partial charge in [-0.25, -0.2) is 4.79 Å². The summed E-state index contributed by atoms with van der Waals surface area (Å²) in [4.78, 5) is 11.8. The maximum absolute atomic E-state index is 11.8. The number of rotatable bonds is 4. The molecule has 1 aliphatic rings. The summed E-state index contributed by atoms with van der Waals surface area (Å²) < 4.78 is 15.2. The van der Waals surface area contributed by atoms with Gasteiger partial charge in [0, 0.05) is 7.11 Å². The van der Waals surface area contributed by atoms with E-state index in [-0.39, 0.29) is 6.61 Å². The first-order valence-corrected chi connectivity index (χ1v) is 6.49. The van der Waals surface area contributed by atoms with Gasteiger partial charge in [0.25, 0.3) is 0 Å². The molecule has 1 aromatic carbocycles. The quantitative estimate of drug-likeness (QED) is 0.631. The zero-order chi connectivity index (χ0) is 15.4. The molecule has 1 heterocycles. The molecule has 2 rings (SSSR count). The van der Waals surface area contributed by atoms with Crippen molar-refractivity contribution >= 4 is 5.97 Å². The van der Waals surface area contributed by atoms with E-state index < -0.39 is 36.7 Å². The number of carbonyl (C=O) groups excluding carboxylic acids is 1. The molecule has 7 nitrogen and oxygen atoms in total. The van der Waals surface area contributed by atoms with Crippen molar-refractivity contribution in [2.75, 3.05) is 13.7 Å². The summed E-state index contributed by atoms with van der Waals surface area (Å²) in [6.45, 7) is -0.265. The van der Waals surface area contributed by atoms with Crippen molar-refractivity contribution in [2.45, 2.75) is 30.7 Å². The normalized spacial score (nSPS) is 32.7.